The zero-order valence-electron chi connectivity index (χ0n) is 17.1. The molecule has 1 N–H and O–H groups in total. The van der Waals surface area contributed by atoms with E-state index in [1.807, 2.05) is 36.4 Å². The van der Waals surface area contributed by atoms with Crippen molar-refractivity contribution in [3.8, 4) is 0 Å². The van der Waals surface area contributed by atoms with Crippen molar-refractivity contribution < 1.29 is 22.7 Å². The van der Waals surface area contributed by atoms with Crippen molar-refractivity contribution in [3.05, 3.63) is 88.9 Å². The first-order valence-electron chi connectivity index (χ1n) is 9.46. The van der Waals surface area contributed by atoms with Gasteiger partial charge in [0.25, 0.3) is 5.91 Å². The van der Waals surface area contributed by atoms with E-state index in [-0.39, 0.29) is 10.6 Å². The number of esters is 1. The number of hydrogen-bond acceptors (Lipinski definition) is 6. The molecule has 1 amide bonds. The molecule has 0 spiro atoms. The number of anilines is 1. The number of para-hydroxylation sites is 1. The Morgan fingerprint density at radius 3 is 2.28 bits per heavy atom. The molecule has 0 aliphatic carbocycles. The number of rotatable bonds is 8. The van der Waals surface area contributed by atoms with E-state index in [2.05, 4.69) is 5.32 Å². The summed E-state index contributed by atoms with van der Waals surface area (Å²) >= 11 is 7.53. The minimum atomic E-state index is -3.51. The lowest BCUT2D eigenvalue weighted by atomic mass is 10.1. The highest BCUT2D eigenvalue weighted by molar-refractivity contribution is 7.98. The van der Waals surface area contributed by atoms with Gasteiger partial charge in [-0.2, -0.15) is 0 Å². The number of hydrogen-bond donors (Lipinski definition) is 1. The van der Waals surface area contributed by atoms with Crippen molar-refractivity contribution >= 4 is 50.8 Å². The second-order valence-electron chi connectivity index (χ2n) is 6.83. The quantitative estimate of drug-likeness (QED) is 0.360. The van der Waals surface area contributed by atoms with Crippen LogP contribution in [0.5, 0.6) is 0 Å². The topological polar surface area (TPSA) is 89.5 Å². The molecule has 0 saturated heterocycles. The van der Waals surface area contributed by atoms with Gasteiger partial charge in [-0.15, -0.1) is 11.8 Å². The molecule has 0 atom stereocenters. The average molecular weight is 490 g/mol. The van der Waals surface area contributed by atoms with Crippen LogP contribution in [-0.4, -0.2) is 33.2 Å². The first-order valence-corrected chi connectivity index (χ1v) is 12.7. The van der Waals surface area contributed by atoms with Gasteiger partial charge in [0.2, 0.25) is 0 Å². The van der Waals surface area contributed by atoms with Crippen molar-refractivity contribution in [3.63, 3.8) is 0 Å². The lowest BCUT2D eigenvalue weighted by Gasteiger charge is -2.10. The molecule has 0 unspecified atom stereocenters. The summed E-state index contributed by atoms with van der Waals surface area (Å²) in [5, 5.41) is 3.15. The van der Waals surface area contributed by atoms with Crippen LogP contribution in [0, 0.1) is 0 Å². The molecule has 0 saturated carbocycles. The Kier molecular flexibility index (Phi) is 7.95. The van der Waals surface area contributed by atoms with Gasteiger partial charge in [0, 0.05) is 21.9 Å². The predicted octanol–water partition coefficient (Wildman–Crippen LogP) is 4.83. The van der Waals surface area contributed by atoms with Crippen LogP contribution in [0.1, 0.15) is 15.9 Å². The molecule has 0 bridgehead atoms. The van der Waals surface area contributed by atoms with Gasteiger partial charge in [0.15, 0.2) is 16.4 Å². The van der Waals surface area contributed by atoms with E-state index < -0.39 is 28.3 Å². The largest absolute Gasteiger partial charge is 0.452 e. The van der Waals surface area contributed by atoms with Gasteiger partial charge in [-0.25, -0.2) is 13.2 Å². The van der Waals surface area contributed by atoms with Crippen molar-refractivity contribution in [1.29, 1.82) is 0 Å². The van der Waals surface area contributed by atoms with Crippen molar-refractivity contribution in [2.24, 2.45) is 0 Å². The standard InChI is InChI=1S/C23H20ClNO5S2/c1-32(28,29)21-5-3-2-4-20(21)25-22(26)14-30-23(27)17-8-6-16(7-9-17)15-31-19-12-10-18(24)11-13-19/h2-13H,14-15H2,1H3,(H,25,26). The van der Waals surface area contributed by atoms with Crippen LogP contribution in [0.25, 0.3) is 0 Å². The van der Waals surface area contributed by atoms with E-state index in [0.29, 0.717) is 10.6 Å². The van der Waals surface area contributed by atoms with Crippen molar-refractivity contribution in [2.45, 2.75) is 15.5 Å². The van der Waals surface area contributed by atoms with Crippen LogP contribution in [-0.2, 0) is 25.1 Å². The van der Waals surface area contributed by atoms with Gasteiger partial charge in [-0.3, -0.25) is 4.79 Å². The van der Waals surface area contributed by atoms with Crippen LogP contribution in [0.4, 0.5) is 5.69 Å². The molecule has 0 heterocycles. The summed E-state index contributed by atoms with van der Waals surface area (Å²) < 4.78 is 28.7. The lowest BCUT2D eigenvalue weighted by molar-refractivity contribution is -0.119. The van der Waals surface area contributed by atoms with Gasteiger partial charge in [-0.05, 0) is 54.1 Å². The van der Waals surface area contributed by atoms with E-state index >= 15 is 0 Å². The van der Waals surface area contributed by atoms with Gasteiger partial charge in [0.1, 0.15) is 0 Å². The molecule has 0 fully saturated rings. The van der Waals surface area contributed by atoms with Gasteiger partial charge < -0.3 is 10.1 Å². The van der Waals surface area contributed by atoms with E-state index in [0.717, 1.165) is 22.5 Å². The molecular weight excluding hydrogens is 470 g/mol. The number of nitrogens with one attached hydrogen (secondary N) is 1. The summed E-state index contributed by atoms with van der Waals surface area (Å²) in [5.74, 6) is -0.557. The second kappa shape index (κ2) is 10.7. The predicted molar refractivity (Wildman–Crippen MR) is 126 cm³/mol. The molecule has 166 valence electrons. The van der Waals surface area contributed by atoms with E-state index in [4.69, 9.17) is 16.3 Å². The molecule has 6 nitrogen and oxygen atoms in total. The number of ether oxygens (including phenoxy) is 1. The summed E-state index contributed by atoms with van der Waals surface area (Å²) in [6.07, 6.45) is 1.05. The summed E-state index contributed by atoms with van der Waals surface area (Å²) in [5.41, 5.74) is 1.48. The number of sulfone groups is 1. The monoisotopic (exact) mass is 489 g/mol. The summed E-state index contributed by atoms with van der Waals surface area (Å²) in [6.45, 7) is -0.537. The normalized spacial score (nSPS) is 11.1. The molecule has 3 aromatic rings. The summed E-state index contributed by atoms with van der Waals surface area (Å²) in [7, 11) is -3.51. The van der Waals surface area contributed by atoms with E-state index in [1.165, 1.54) is 12.1 Å². The number of thioether (sulfide) groups is 1. The fraction of sp³-hybridized carbons (Fsp3) is 0.130. The van der Waals surface area contributed by atoms with Crippen molar-refractivity contribution in [2.75, 3.05) is 18.2 Å². The molecule has 0 aliphatic rings. The van der Waals surface area contributed by atoms with Crippen LogP contribution in [0.3, 0.4) is 0 Å². The number of amides is 1. The number of benzene rings is 3. The highest BCUT2D eigenvalue weighted by atomic mass is 35.5. The first-order chi connectivity index (χ1) is 15.2. The fourth-order valence-electron chi connectivity index (χ4n) is 2.73. The summed E-state index contributed by atoms with van der Waals surface area (Å²) in [6, 6.07) is 20.5. The number of carbonyl (C=O) groups is 2. The van der Waals surface area contributed by atoms with Crippen molar-refractivity contribution in [1.82, 2.24) is 0 Å². The van der Waals surface area contributed by atoms with E-state index in [1.54, 1.807) is 36.0 Å². The number of carbonyl (C=O) groups excluding carboxylic acids is 2. The van der Waals surface area contributed by atoms with Crippen LogP contribution < -0.4 is 5.32 Å². The molecule has 0 aromatic heterocycles. The molecule has 0 radical (unpaired) electrons. The third kappa shape index (κ3) is 6.85. The third-order valence-electron chi connectivity index (χ3n) is 4.30. The lowest BCUT2D eigenvalue weighted by Crippen LogP contribution is -2.22. The molecule has 0 aliphatic heterocycles. The molecule has 3 aromatic carbocycles. The zero-order valence-corrected chi connectivity index (χ0v) is 19.5. The van der Waals surface area contributed by atoms with Crippen LogP contribution in [0.15, 0.2) is 82.6 Å². The third-order valence-corrected chi connectivity index (χ3v) is 6.79. The van der Waals surface area contributed by atoms with Crippen LogP contribution in [0.2, 0.25) is 5.02 Å². The fourth-order valence-corrected chi connectivity index (χ4v) is 4.55. The second-order valence-corrected chi connectivity index (χ2v) is 10.3. The maximum atomic E-state index is 12.2. The minimum absolute atomic E-state index is 0.00765. The Balaban J connectivity index is 1.52. The minimum Gasteiger partial charge on any atom is -0.452 e. The smallest absolute Gasteiger partial charge is 0.338 e. The SMILES string of the molecule is CS(=O)(=O)c1ccccc1NC(=O)COC(=O)c1ccc(CSc2ccc(Cl)cc2)cc1. The van der Waals surface area contributed by atoms with Gasteiger partial charge in [0.05, 0.1) is 16.1 Å². The van der Waals surface area contributed by atoms with Gasteiger partial charge >= 0.3 is 5.97 Å². The highest BCUT2D eigenvalue weighted by Crippen LogP contribution is 2.24. The molecular formula is C23H20ClNO5S2. The molecule has 9 heteroatoms. The number of halogens is 1. The molecule has 3 rings (SSSR count). The van der Waals surface area contributed by atoms with Gasteiger partial charge in [-0.1, -0.05) is 35.9 Å². The molecule has 32 heavy (non-hydrogen) atoms. The Hall–Kier alpha value is -2.81. The highest BCUT2D eigenvalue weighted by Gasteiger charge is 2.16. The van der Waals surface area contributed by atoms with E-state index in [9.17, 15) is 18.0 Å². The van der Waals surface area contributed by atoms with Crippen LogP contribution >= 0.6 is 23.4 Å². The average Bonchev–Trinajstić information content (AvgIpc) is 2.77. The summed E-state index contributed by atoms with van der Waals surface area (Å²) in [4.78, 5) is 25.4. The Bertz CT molecular complexity index is 1210. The first kappa shape index (κ1) is 23.8. The maximum Gasteiger partial charge on any atom is 0.338 e. The zero-order chi connectivity index (χ0) is 23.1. The Labute approximate surface area is 195 Å². The Morgan fingerprint density at radius 2 is 1.62 bits per heavy atom. The maximum absolute atomic E-state index is 12.2. The Morgan fingerprint density at radius 1 is 0.969 bits per heavy atom.